The molecule has 2 aromatic heterocycles. The van der Waals surface area contributed by atoms with Gasteiger partial charge in [0.1, 0.15) is 0 Å². The number of anilines is 1. The predicted octanol–water partition coefficient (Wildman–Crippen LogP) is 0.363. The summed E-state index contributed by atoms with van der Waals surface area (Å²) in [5.41, 5.74) is 0.327. The lowest BCUT2D eigenvalue weighted by atomic mass is 10.4. The summed E-state index contributed by atoms with van der Waals surface area (Å²) in [5.74, 6) is 0.0869. The molecule has 0 saturated carbocycles. The van der Waals surface area contributed by atoms with Gasteiger partial charge in [0.15, 0.2) is 16.6 Å². The highest BCUT2D eigenvalue weighted by Gasteiger charge is 2.15. The first-order valence-corrected chi connectivity index (χ1v) is 5.54. The summed E-state index contributed by atoms with van der Waals surface area (Å²) in [5, 5.41) is 17.0. The Balaban J connectivity index is 2.05. The average Bonchev–Trinajstić information content (AvgIpc) is 2.94. The molecule has 0 unspecified atom stereocenters. The molecular weight excluding hydrogens is 244 g/mol. The van der Waals surface area contributed by atoms with Crippen LogP contribution in [0.5, 0.6) is 0 Å². The van der Waals surface area contributed by atoms with Gasteiger partial charge in [-0.3, -0.25) is 0 Å². The van der Waals surface area contributed by atoms with E-state index < -0.39 is 5.97 Å². The van der Waals surface area contributed by atoms with Crippen molar-refractivity contribution in [3.05, 3.63) is 16.4 Å². The molecule has 0 aliphatic carbocycles. The molecule has 0 fully saturated rings. The number of thiazole rings is 1. The van der Waals surface area contributed by atoms with E-state index in [1.54, 1.807) is 0 Å². The van der Waals surface area contributed by atoms with Crippen LogP contribution in [0.15, 0.2) is 0 Å². The molecule has 8 nitrogen and oxygen atoms in total. The number of H-pyrrole nitrogens is 1. The Morgan fingerprint density at radius 2 is 2.41 bits per heavy atom. The number of nitrogens with zero attached hydrogens (tertiary/aromatic N) is 4. The highest BCUT2D eigenvalue weighted by Crippen LogP contribution is 2.22. The number of methoxy groups -OCH3 is 1. The van der Waals surface area contributed by atoms with Crippen molar-refractivity contribution in [3.63, 3.8) is 0 Å². The molecule has 0 aromatic carbocycles. The zero-order valence-electron chi connectivity index (χ0n) is 9.22. The number of ether oxygens (including phenoxy) is 1. The van der Waals surface area contributed by atoms with E-state index in [0.717, 1.165) is 4.88 Å². The Morgan fingerprint density at radius 3 is 3.06 bits per heavy atom. The molecule has 2 aromatic rings. The molecule has 0 amide bonds. The first-order chi connectivity index (χ1) is 8.20. The normalized spacial score (nSPS) is 10.2. The van der Waals surface area contributed by atoms with Crippen molar-refractivity contribution in [2.45, 2.75) is 13.5 Å². The molecule has 9 heteroatoms. The van der Waals surface area contributed by atoms with Crippen LogP contribution in [0.25, 0.3) is 0 Å². The van der Waals surface area contributed by atoms with Gasteiger partial charge in [-0.2, -0.15) is 5.21 Å². The number of tetrazole rings is 1. The van der Waals surface area contributed by atoms with E-state index in [9.17, 15) is 4.79 Å². The van der Waals surface area contributed by atoms with Crippen molar-refractivity contribution in [1.82, 2.24) is 25.6 Å². The molecule has 0 atom stereocenters. The van der Waals surface area contributed by atoms with Crippen LogP contribution in [-0.2, 0) is 11.3 Å². The number of esters is 1. The smallest absolute Gasteiger partial charge is 0.357 e. The van der Waals surface area contributed by atoms with Crippen LogP contribution < -0.4 is 5.32 Å². The topological polar surface area (TPSA) is 106 Å². The summed E-state index contributed by atoms with van der Waals surface area (Å²) in [6.45, 7) is 2.20. The second-order valence-corrected chi connectivity index (χ2v) is 4.30. The molecule has 2 N–H and O–H groups in total. The third kappa shape index (κ3) is 2.56. The van der Waals surface area contributed by atoms with Crippen molar-refractivity contribution in [1.29, 1.82) is 0 Å². The Kier molecular flexibility index (Phi) is 3.28. The SMILES string of the molecule is COC(=O)c1nc(NCc2nn[nH]n2)sc1C. The van der Waals surface area contributed by atoms with Crippen molar-refractivity contribution in [2.75, 3.05) is 12.4 Å². The number of nitrogens with one attached hydrogen (secondary N) is 2. The first kappa shape index (κ1) is 11.5. The first-order valence-electron chi connectivity index (χ1n) is 4.72. The molecule has 0 spiro atoms. The Bertz CT molecular complexity index is 508. The van der Waals surface area contributed by atoms with Crippen LogP contribution in [0.2, 0.25) is 0 Å². The molecule has 0 saturated heterocycles. The zero-order chi connectivity index (χ0) is 12.3. The molecule has 17 heavy (non-hydrogen) atoms. The number of rotatable bonds is 4. The molecule has 90 valence electrons. The maximum Gasteiger partial charge on any atom is 0.357 e. The minimum atomic E-state index is -0.439. The molecular formula is C8H10N6O2S. The second kappa shape index (κ2) is 4.87. The molecule has 0 bridgehead atoms. The second-order valence-electron chi connectivity index (χ2n) is 3.10. The highest BCUT2D eigenvalue weighted by atomic mass is 32.1. The maximum atomic E-state index is 11.3. The summed E-state index contributed by atoms with van der Waals surface area (Å²) >= 11 is 1.37. The van der Waals surface area contributed by atoms with Crippen LogP contribution in [0.1, 0.15) is 21.2 Å². The molecule has 0 aliphatic rings. The Labute approximate surface area is 100 Å². The van der Waals surface area contributed by atoms with Crippen LogP contribution in [0.3, 0.4) is 0 Å². The van der Waals surface area contributed by atoms with Crippen LogP contribution in [0.4, 0.5) is 5.13 Å². The maximum absolute atomic E-state index is 11.3. The van der Waals surface area contributed by atoms with Gasteiger partial charge in [-0.05, 0) is 6.92 Å². The fourth-order valence-corrected chi connectivity index (χ4v) is 1.97. The lowest BCUT2D eigenvalue weighted by molar-refractivity contribution is 0.0594. The fraction of sp³-hybridized carbons (Fsp3) is 0.375. The summed E-state index contributed by atoms with van der Waals surface area (Å²) < 4.78 is 4.62. The number of aromatic nitrogens is 5. The van der Waals surface area contributed by atoms with Gasteiger partial charge < -0.3 is 10.1 Å². The lowest BCUT2D eigenvalue weighted by Gasteiger charge is -1.96. The Morgan fingerprint density at radius 1 is 1.59 bits per heavy atom. The van der Waals surface area contributed by atoms with Crippen molar-refractivity contribution in [3.8, 4) is 0 Å². The summed E-state index contributed by atoms with van der Waals surface area (Å²) in [7, 11) is 1.33. The van der Waals surface area contributed by atoms with Crippen molar-refractivity contribution < 1.29 is 9.53 Å². The number of hydrogen-bond acceptors (Lipinski definition) is 8. The quantitative estimate of drug-likeness (QED) is 0.759. The number of carbonyl (C=O) groups is 1. The Hall–Kier alpha value is -2.03. The number of aryl methyl sites for hydroxylation is 1. The van der Waals surface area contributed by atoms with E-state index >= 15 is 0 Å². The standard InChI is InChI=1S/C8H10N6O2S/c1-4-6(7(15)16-2)10-8(17-4)9-3-5-11-13-14-12-5/h3H2,1-2H3,(H,9,10)(H,11,12,13,14). The van der Waals surface area contributed by atoms with Crippen molar-refractivity contribution >= 4 is 22.4 Å². The fourth-order valence-electron chi connectivity index (χ4n) is 1.17. The third-order valence-electron chi connectivity index (χ3n) is 1.96. The molecule has 2 heterocycles. The van der Waals surface area contributed by atoms with Gasteiger partial charge in [0.05, 0.1) is 13.7 Å². The highest BCUT2D eigenvalue weighted by molar-refractivity contribution is 7.15. The van der Waals surface area contributed by atoms with E-state index in [4.69, 9.17) is 0 Å². The van der Waals surface area contributed by atoms with E-state index in [0.29, 0.717) is 23.2 Å². The van der Waals surface area contributed by atoms with Gasteiger partial charge in [-0.25, -0.2) is 9.78 Å². The van der Waals surface area contributed by atoms with Gasteiger partial charge in [-0.15, -0.1) is 21.5 Å². The number of aromatic amines is 1. The van der Waals surface area contributed by atoms with Crippen LogP contribution in [0, 0.1) is 6.92 Å². The number of hydrogen-bond donors (Lipinski definition) is 2. The van der Waals surface area contributed by atoms with E-state index in [1.807, 2.05) is 6.92 Å². The van der Waals surface area contributed by atoms with E-state index in [-0.39, 0.29) is 0 Å². The molecule has 0 radical (unpaired) electrons. The van der Waals surface area contributed by atoms with Crippen molar-refractivity contribution in [2.24, 2.45) is 0 Å². The van der Waals surface area contributed by atoms with Gasteiger partial charge in [0.25, 0.3) is 0 Å². The molecule has 0 aliphatic heterocycles. The van der Waals surface area contributed by atoms with Crippen LogP contribution in [-0.4, -0.2) is 38.7 Å². The van der Waals surface area contributed by atoms with E-state index in [1.165, 1.54) is 18.4 Å². The van der Waals surface area contributed by atoms with Crippen LogP contribution >= 0.6 is 11.3 Å². The predicted molar refractivity (Wildman–Crippen MR) is 59.7 cm³/mol. The van der Waals surface area contributed by atoms with Gasteiger partial charge in [0, 0.05) is 4.88 Å². The summed E-state index contributed by atoms with van der Waals surface area (Å²) in [6.07, 6.45) is 0. The largest absolute Gasteiger partial charge is 0.464 e. The zero-order valence-corrected chi connectivity index (χ0v) is 10.0. The van der Waals surface area contributed by atoms with E-state index in [2.05, 4.69) is 35.7 Å². The average molecular weight is 254 g/mol. The minimum absolute atomic E-state index is 0.327. The monoisotopic (exact) mass is 254 g/mol. The molecule has 2 rings (SSSR count). The third-order valence-corrected chi connectivity index (χ3v) is 2.89. The lowest BCUT2D eigenvalue weighted by Crippen LogP contribution is -2.05. The summed E-state index contributed by atoms with van der Waals surface area (Å²) in [6, 6.07) is 0. The number of carbonyl (C=O) groups excluding carboxylic acids is 1. The van der Waals surface area contributed by atoms with Gasteiger partial charge in [-0.1, -0.05) is 5.21 Å². The minimum Gasteiger partial charge on any atom is -0.464 e. The van der Waals surface area contributed by atoms with Gasteiger partial charge >= 0.3 is 5.97 Å². The van der Waals surface area contributed by atoms with Gasteiger partial charge in [0.2, 0.25) is 0 Å². The summed E-state index contributed by atoms with van der Waals surface area (Å²) in [4.78, 5) is 16.3.